The van der Waals surface area contributed by atoms with E-state index in [0.717, 1.165) is 18.4 Å². The van der Waals surface area contributed by atoms with E-state index < -0.39 is 0 Å². The van der Waals surface area contributed by atoms with Crippen LogP contribution in [0.25, 0.3) is 0 Å². The highest BCUT2D eigenvalue weighted by Gasteiger charge is 2.21. The third-order valence-corrected chi connectivity index (χ3v) is 2.81. The molecule has 1 aromatic rings. The molecule has 3 nitrogen and oxygen atoms in total. The van der Waals surface area contributed by atoms with Crippen molar-refractivity contribution in [2.45, 2.75) is 45.1 Å². The highest BCUT2D eigenvalue weighted by atomic mass is 16.1. The normalized spacial score (nSPS) is 13.1. The van der Waals surface area contributed by atoms with E-state index in [9.17, 15) is 4.79 Å². The van der Waals surface area contributed by atoms with Gasteiger partial charge in [-0.2, -0.15) is 0 Å². The van der Waals surface area contributed by atoms with Gasteiger partial charge in [0, 0.05) is 12.1 Å². The summed E-state index contributed by atoms with van der Waals surface area (Å²) >= 11 is 0. The number of nitrogens with one attached hydrogen (secondary N) is 1. The first-order chi connectivity index (χ1) is 8.44. The molecule has 0 saturated carbocycles. The maximum absolute atomic E-state index is 12.2. The first kappa shape index (κ1) is 14.7. The maximum Gasteiger partial charge on any atom is 0.227 e. The molecular weight excluding hydrogens is 224 g/mol. The largest absolute Gasteiger partial charge is 0.354 e. The van der Waals surface area contributed by atoms with Crippen LogP contribution in [0.4, 0.5) is 0 Å². The average Bonchev–Trinajstić information content (AvgIpc) is 2.33. The van der Waals surface area contributed by atoms with E-state index >= 15 is 0 Å². The fourth-order valence-electron chi connectivity index (χ4n) is 1.86. The van der Waals surface area contributed by atoms with Crippen LogP contribution in [-0.2, 0) is 4.79 Å². The molecule has 0 heterocycles. The zero-order valence-corrected chi connectivity index (χ0v) is 11.6. The Kier molecular flexibility index (Phi) is 5.35. The molecule has 0 aliphatic rings. The number of carbonyl (C=O) groups is 1. The Morgan fingerprint density at radius 3 is 2.44 bits per heavy atom. The number of rotatable bonds is 6. The van der Waals surface area contributed by atoms with E-state index in [1.54, 1.807) is 0 Å². The lowest BCUT2D eigenvalue weighted by Crippen LogP contribution is -2.46. The summed E-state index contributed by atoms with van der Waals surface area (Å²) in [6, 6.07) is 9.92. The zero-order chi connectivity index (χ0) is 13.6. The number of hydrogen-bond donors (Lipinski definition) is 2. The van der Waals surface area contributed by atoms with Crippen molar-refractivity contribution in [2.24, 2.45) is 5.73 Å². The van der Waals surface area contributed by atoms with Gasteiger partial charge in [0.1, 0.15) is 0 Å². The fourth-order valence-corrected chi connectivity index (χ4v) is 1.86. The molecule has 0 aromatic heterocycles. The molecule has 1 aromatic carbocycles. The van der Waals surface area contributed by atoms with Crippen LogP contribution in [-0.4, -0.2) is 18.0 Å². The Hall–Kier alpha value is -1.35. The van der Waals surface area contributed by atoms with Crippen molar-refractivity contribution in [3.05, 3.63) is 35.9 Å². The number of hydrogen-bond acceptors (Lipinski definition) is 2. The van der Waals surface area contributed by atoms with Gasteiger partial charge in [-0.15, -0.1) is 0 Å². The van der Waals surface area contributed by atoms with Crippen molar-refractivity contribution in [1.82, 2.24) is 5.32 Å². The van der Waals surface area contributed by atoms with Gasteiger partial charge in [-0.05, 0) is 25.8 Å². The quantitative estimate of drug-likeness (QED) is 0.812. The fraction of sp³-hybridized carbons (Fsp3) is 0.533. The molecule has 1 amide bonds. The Morgan fingerprint density at radius 1 is 1.33 bits per heavy atom. The van der Waals surface area contributed by atoms with Gasteiger partial charge in [-0.3, -0.25) is 4.79 Å². The summed E-state index contributed by atoms with van der Waals surface area (Å²) in [5.74, 6) is 0.000116. The average molecular weight is 248 g/mol. The minimum absolute atomic E-state index is 0.0708. The Balaban J connectivity index is 2.70. The lowest BCUT2D eigenvalue weighted by atomic mass is 9.93. The maximum atomic E-state index is 12.2. The predicted molar refractivity (Wildman–Crippen MR) is 75.4 cm³/mol. The summed E-state index contributed by atoms with van der Waals surface area (Å²) in [5, 5.41) is 2.94. The molecule has 0 spiro atoms. The van der Waals surface area contributed by atoms with E-state index in [1.807, 2.05) is 44.2 Å². The minimum Gasteiger partial charge on any atom is -0.354 e. The number of benzene rings is 1. The molecule has 18 heavy (non-hydrogen) atoms. The summed E-state index contributed by atoms with van der Waals surface area (Å²) in [7, 11) is 0. The standard InChI is InChI=1S/C15H24N2O/c1-4-8-13(12-9-6-5-7-10-12)14(18)17-11-15(2,3)16/h5-7,9-10,13H,4,8,11,16H2,1-3H3,(H,17,18). The molecule has 3 heteroatoms. The molecule has 3 N–H and O–H groups in total. The zero-order valence-electron chi connectivity index (χ0n) is 11.6. The van der Waals surface area contributed by atoms with Gasteiger partial charge in [-0.25, -0.2) is 0 Å². The smallest absolute Gasteiger partial charge is 0.227 e. The van der Waals surface area contributed by atoms with Crippen LogP contribution in [0, 0.1) is 0 Å². The minimum atomic E-state index is -0.372. The lowest BCUT2D eigenvalue weighted by molar-refractivity contribution is -0.123. The molecular formula is C15H24N2O. The highest BCUT2D eigenvalue weighted by molar-refractivity contribution is 5.83. The van der Waals surface area contributed by atoms with Gasteiger partial charge in [0.05, 0.1) is 5.92 Å². The van der Waals surface area contributed by atoms with E-state index in [0.29, 0.717) is 6.54 Å². The number of nitrogens with two attached hydrogens (primary N) is 1. The van der Waals surface area contributed by atoms with Gasteiger partial charge in [0.2, 0.25) is 5.91 Å². The third kappa shape index (κ3) is 4.88. The van der Waals surface area contributed by atoms with Crippen molar-refractivity contribution in [1.29, 1.82) is 0 Å². The number of amides is 1. The molecule has 1 rings (SSSR count). The molecule has 0 bridgehead atoms. The summed E-state index contributed by atoms with van der Waals surface area (Å²) in [6.07, 6.45) is 1.85. The van der Waals surface area contributed by atoms with E-state index in [-0.39, 0.29) is 17.4 Å². The second-order valence-electron chi connectivity index (χ2n) is 5.46. The van der Waals surface area contributed by atoms with Crippen LogP contribution in [0.2, 0.25) is 0 Å². The van der Waals surface area contributed by atoms with Gasteiger partial charge in [-0.1, -0.05) is 43.7 Å². The second kappa shape index (κ2) is 6.55. The van der Waals surface area contributed by atoms with Gasteiger partial charge in [0.25, 0.3) is 0 Å². The molecule has 0 fully saturated rings. The molecule has 1 unspecified atom stereocenters. The van der Waals surface area contributed by atoms with Crippen molar-refractivity contribution >= 4 is 5.91 Å². The highest BCUT2D eigenvalue weighted by Crippen LogP contribution is 2.21. The van der Waals surface area contributed by atoms with Crippen LogP contribution in [0.1, 0.15) is 45.1 Å². The summed E-state index contributed by atoms with van der Waals surface area (Å²) in [4.78, 5) is 12.2. The van der Waals surface area contributed by atoms with Gasteiger partial charge < -0.3 is 11.1 Å². The van der Waals surface area contributed by atoms with E-state index in [2.05, 4.69) is 12.2 Å². The van der Waals surface area contributed by atoms with Crippen LogP contribution in [0.15, 0.2) is 30.3 Å². The van der Waals surface area contributed by atoms with Crippen molar-refractivity contribution < 1.29 is 4.79 Å². The van der Waals surface area contributed by atoms with Crippen molar-refractivity contribution in [3.63, 3.8) is 0 Å². The van der Waals surface area contributed by atoms with E-state index in [1.165, 1.54) is 0 Å². The van der Waals surface area contributed by atoms with Crippen LogP contribution in [0.5, 0.6) is 0 Å². The van der Waals surface area contributed by atoms with E-state index in [4.69, 9.17) is 5.73 Å². The molecule has 1 atom stereocenters. The molecule has 0 saturated heterocycles. The molecule has 0 aliphatic carbocycles. The Labute approximate surface area is 110 Å². The summed E-state index contributed by atoms with van der Waals surface area (Å²) in [5.41, 5.74) is 6.59. The third-order valence-electron chi connectivity index (χ3n) is 2.81. The second-order valence-corrected chi connectivity index (χ2v) is 5.46. The topological polar surface area (TPSA) is 55.1 Å². The molecule has 0 radical (unpaired) electrons. The number of carbonyl (C=O) groups excluding carboxylic acids is 1. The monoisotopic (exact) mass is 248 g/mol. The summed E-state index contributed by atoms with van der Waals surface area (Å²) in [6.45, 7) is 6.41. The first-order valence-electron chi connectivity index (χ1n) is 6.55. The van der Waals surface area contributed by atoms with Crippen molar-refractivity contribution in [3.8, 4) is 0 Å². The van der Waals surface area contributed by atoms with Crippen LogP contribution in [0.3, 0.4) is 0 Å². The Bertz CT molecular complexity index is 368. The molecule has 0 aliphatic heterocycles. The van der Waals surface area contributed by atoms with Gasteiger partial charge in [0.15, 0.2) is 0 Å². The summed E-state index contributed by atoms with van der Waals surface area (Å²) < 4.78 is 0. The lowest BCUT2D eigenvalue weighted by Gasteiger charge is -2.22. The van der Waals surface area contributed by atoms with Crippen LogP contribution < -0.4 is 11.1 Å². The van der Waals surface area contributed by atoms with Gasteiger partial charge >= 0.3 is 0 Å². The van der Waals surface area contributed by atoms with Crippen LogP contribution >= 0.6 is 0 Å². The molecule has 100 valence electrons. The predicted octanol–water partition coefficient (Wildman–Crippen LogP) is 2.42. The SMILES string of the molecule is CCCC(C(=O)NCC(C)(C)N)c1ccccc1. The Morgan fingerprint density at radius 2 is 1.94 bits per heavy atom. The first-order valence-corrected chi connectivity index (χ1v) is 6.55. The van der Waals surface area contributed by atoms with Crippen molar-refractivity contribution in [2.75, 3.05) is 6.54 Å².